The Morgan fingerprint density at radius 3 is 2.55 bits per heavy atom. The molecule has 3 saturated carbocycles. The largest absolute Gasteiger partial charge is 0.336 e. The first-order valence-corrected chi connectivity index (χ1v) is 11.8. The summed E-state index contributed by atoms with van der Waals surface area (Å²) in [5, 5.41) is 3.14. The molecular formula is C26H33FN2O2. The molecule has 1 aliphatic heterocycles. The third kappa shape index (κ3) is 2.99. The van der Waals surface area contributed by atoms with Crippen LogP contribution in [0.25, 0.3) is 0 Å². The quantitative estimate of drug-likeness (QED) is 0.711. The molecule has 4 nitrogen and oxygen atoms in total. The second-order valence-electron chi connectivity index (χ2n) is 10.8. The Morgan fingerprint density at radius 1 is 1.06 bits per heavy atom. The Hall–Kier alpha value is -2.17. The number of halogens is 1. The highest BCUT2D eigenvalue weighted by molar-refractivity contribution is 5.93. The molecule has 2 amide bonds. The molecule has 31 heavy (non-hydrogen) atoms. The molecule has 1 aromatic rings. The summed E-state index contributed by atoms with van der Waals surface area (Å²) in [6.45, 7) is 4.48. The van der Waals surface area contributed by atoms with E-state index in [0.29, 0.717) is 17.8 Å². The minimum absolute atomic E-state index is 0.0120. The van der Waals surface area contributed by atoms with E-state index in [-0.39, 0.29) is 28.7 Å². The highest BCUT2D eigenvalue weighted by atomic mass is 19.1. The van der Waals surface area contributed by atoms with Gasteiger partial charge in [-0.25, -0.2) is 4.39 Å². The Balaban J connectivity index is 1.40. The standard InChI is InChI=1S/C26H33FN2O2/c1-25-14-13-19-17(9-12-22-26(19,2)15-21(27)24(31)29(22)3)18(25)10-11-20(25)23(30)28-16-7-5-4-6-8-16/h4-8,15,17-20,22H,9-14H2,1-3H3,(H,28,30)/t17?,18-,19?,20+,22+,25-,26+/m0/s1. The monoisotopic (exact) mass is 424 g/mol. The van der Waals surface area contributed by atoms with Crippen molar-refractivity contribution >= 4 is 17.5 Å². The maximum absolute atomic E-state index is 14.5. The van der Waals surface area contributed by atoms with Crippen molar-refractivity contribution in [2.45, 2.75) is 58.4 Å². The number of amides is 2. The van der Waals surface area contributed by atoms with Gasteiger partial charge < -0.3 is 10.2 Å². The topological polar surface area (TPSA) is 49.4 Å². The maximum Gasteiger partial charge on any atom is 0.282 e. The lowest BCUT2D eigenvalue weighted by Gasteiger charge is -2.60. The van der Waals surface area contributed by atoms with Gasteiger partial charge in [0.1, 0.15) is 0 Å². The number of benzene rings is 1. The van der Waals surface area contributed by atoms with Gasteiger partial charge >= 0.3 is 0 Å². The number of nitrogens with one attached hydrogen (secondary N) is 1. The highest BCUT2D eigenvalue weighted by Crippen LogP contribution is 2.65. The zero-order chi connectivity index (χ0) is 22.0. The van der Waals surface area contributed by atoms with Crippen LogP contribution in [-0.2, 0) is 9.59 Å². The van der Waals surface area contributed by atoms with Crippen molar-refractivity contribution in [1.82, 2.24) is 4.90 Å². The van der Waals surface area contributed by atoms with Crippen molar-refractivity contribution in [2.24, 2.45) is 34.5 Å². The molecule has 5 heteroatoms. The van der Waals surface area contributed by atoms with Crippen LogP contribution in [0.15, 0.2) is 42.2 Å². The predicted molar refractivity (Wildman–Crippen MR) is 119 cm³/mol. The normalized spacial score (nSPS) is 41.7. The lowest BCUT2D eigenvalue weighted by molar-refractivity contribution is -0.144. The third-order valence-electron chi connectivity index (χ3n) is 9.52. The van der Waals surface area contributed by atoms with Crippen LogP contribution in [0.1, 0.15) is 52.4 Å². The molecule has 5 rings (SSSR count). The average Bonchev–Trinajstić information content (AvgIpc) is 3.10. The smallest absolute Gasteiger partial charge is 0.282 e. The van der Waals surface area contributed by atoms with Crippen LogP contribution < -0.4 is 5.32 Å². The Morgan fingerprint density at radius 2 is 1.81 bits per heavy atom. The van der Waals surface area contributed by atoms with E-state index in [2.05, 4.69) is 19.2 Å². The van der Waals surface area contributed by atoms with Crippen molar-refractivity contribution < 1.29 is 14.0 Å². The molecule has 0 radical (unpaired) electrons. The van der Waals surface area contributed by atoms with Crippen molar-refractivity contribution in [3.8, 4) is 0 Å². The molecular weight excluding hydrogens is 391 g/mol. The molecule has 3 aliphatic carbocycles. The van der Waals surface area contributed by atoms with Crippen LogP contribution in [0, 0.1) is 34.5 Å². The number of hydrogen-bond acceptors (Lipinski definition) is 2. The molecule has 0 aromatic heterocycles. The summed E-state index contributed by atoms with van der Waals surface area (Å²) in [6.07, 6.45) is 7.58. The lowest BCUT2D eigenvalue weighted by atomic mass is 9.47. The second-order valence-corrected chi connectivity index (χ2v) is 10.8. The summed E-state index contributed by atoms with van der Waals surface area (Å²) in [4.78, 5) is 27.1. The summed E-state index contributed by atoms with van der Waals surface area (Å²) in [5.41, 5.74) is 0.528. The number of fused-ring (bicyclic) bond motifs is 5. The van der Waals surface area contributed by atoms with Gasteiger partial charge in [0.2, 0.25) is 5.91 Å². The molecule has 3 fully saturated rings. The van der Waals surface area contributed by atoms with Gasteiger partial charge in [-0.1, -0.05) is 32.0 Å². The number of likely N-dealkylation sites (N-methyl/N-ethyl adjacent to an activating group) is 1. The molecule has 0 bridgehead atoms. The Bertz CT molecular complexity index is 931. The van der Waals surface area contributed by atoms with E-state index in [1.165, 1.54) is 0 Å². The van der Waals surface area contributed by atoms with E-state index in [9.17, 15) is 14.0 Å². The van der Waals surface area contributed by atoms with Crippen LogP contribution >= 0.6 is 0 Å². The number of carbonyl (C=O) groups is 2. The van der Waals surface area contributed by atoms with Gasteiger partial charge in [-0.2, -0.15) is 0 Å². The summed E-state index contributed by atoms with van der Waals surface area (Å²) < 4.78 is 14.5. The summed E-state index contributed by atoms with van der Waals surface area (Å²) in [6, 6.07) is 9.79. The number of para-hydroxylation sites is 1. The fraction of sp³-hybridized carbons (Fsp3) is 0.615. The van der Waals surface area contributed by atoms with E-state index in [1.807, 2.05) is 30.3 Å². The minimum Gasteiger partial charge on any atom is -0.336 e. The van der Waals surface area contributed by atoms with Crippen LogP contribution in [0.5, 0.6) is 0 Å². The van der Waals surface area contributed by atoms with Crippen LogP contribution in [0.3, 0.4) is 0 Å². The van der Waals surface area contributed by atoms with E-state index in [4.69, 9.17) is 0 Å². The van der Waals surface area contributed by atoms with Gasteiger partial charge in [-0.05, 0) is 79.9 Å². The average molecular weight is 425 g/mol. The van der Waals surface area contributed by atoms with Crippen LogP contribution in [0.2, 0.25) is 0 Å². The number of rotatable bonds is 2. The predicted octanol–water partition coefficient (Wildman–Crippen LogP) is 5.18. The number of hydrogen-bond donors (Lipinski definition) is 1. The van der Waals surface area contributed by atoms with E-state index < -0.39 is 11.7 Å². The molecule has 1 N–H and O–H groups in total. The van der Waals surface area contributed by atoms with E-state index >= 15 is 0 Å². The van der Waals surface area contributed by atoms with Gasteiger partial charge in [-0.3, -0.25) is 9.59 Å². The van der Waals surface area contributed by atoms with Gasteiger partial charge in [0.05, 0.1) is 0 Å². The molecule has 0 saturated heterocycles. The van der Waals surface area contributed by atoms with Gasteiger partial charge in [-0.15, -0.1) is 0 Å². The molecule has 7 atom stereocenters. The van der Waals surface area contributed by atoms with E-state index in [1.54, 1.807) is 18.0 Å². The summed E-state index contributed by atoms with van der Waals surface area (Å²) >= 11 is 0. The van der Waals surface area contributed by atoms with Gasteiger partial charge in [0.25, 0.3) is 5.91 Å². The fourth-order valence-electron chi connectivity index (χ4n) is 8.01. The van der Waals surface area contributed by atoms with Gasteiger partial charge in [0, 0.05) is 30.1 Å². The first-order valence-electron chi connectivity index (χ1n) is 11.8. The van der Waals surface area contributed by atoms with Crippen molar-refractivity contribution in [1.29, 1.82) is 0 Å². The Labute approximate surface area is 184 Å². The number of nitrogens with zero attached hydrogens (tertiary/aromatic N) is 1. The zero-order valence-corrected chi connectivity index (χ0v) is 18.7. The molecule has 2 unspecified atom stereocenters. The minimum atomic E-state index is -0.596. The SMILES string of the molecule is CN1C(=O)C(F)=C[C@]2(C)C3CC[C@]4(C)[C@@H](C(=O)Nc5ccccc5)CC[C@H]4C3CC[C@@H]12. The van der Waals surface area contributed by atoms with Crippen LogP contribution in [0.4, 0.5) is 10.1 Å². The van der Waals surface area contributed by atoms with Crippen molar-refractivity contribution in [2.75, 3.05) is 12.4 Å². The lowest BCUT2D eigenvalue weighted by Crippen LogP contribution is -2.60. The summed E-state index contributed by atoms with van der Waals surface area (Å²) in [5.74, 6) is 0.425. The van der Waals surface area contributed by atoms with E-state index in [0.717, 1.165) is 44.2 Å². The van der Waals surface area contributed by atoms with Crippen LogP contribution in [-0.4, -0.2) is 29.8 Å². The zero-order valence-electron chi connectivity index (χ0n) is 18.7. The first-order chi connectivity index (χ1) is 14.8. The first kappa shape index (κ1) is 20.7. The molecule has 0 spiro atoms. The summed E-state index contributed by atoms with van der Waals surface area (Å²) in [7, 11) is 1.75. The molecule has 1 aromatic carbocycles. The number of anilines is 1. The van der Waals surface area contributed by atoms with Crippen molar-refractivity contribution in [3.63, 3.8) is 0 Å². The number of carbonyl (C=O) groups excluding carboxylic acids is 2. The maximum atomic E-state index is 14.5. The fourth-order valence-corrected chi connectivity index (χ4v) is 8.01. The highest BCUT2D eigenvalue weighted by Gasteiger charge is 2.62. The Kier molecular flexibility index (Phi) is 4.80. The van der Waals surface area contributed by atoms with Gasteiger partial charge in [0.15, 0.2) is 5.83 Å². The molecule has 166 valence electrons. The van der Waals surface area contributed by atoms with Crippen molar-refractivity contribution in [3.05, 3.63) is 42.2 Å². The third-order valence-corrected chi connectivity index (χ3v) is 9.52. The molecule has 1 heterocycles. The molecule has 4 aliphatic rings. The second kappa shape index (κ2) is 7.18.